The topological polar surface area (TPSA) is 39.2 Å². The van der Waals surface area contributed by atoms with Crippen molar-refractivity contribution in [2.24, 2.45) is 0 Å². The first-order valence-electron chi connectivity index (χ1n) is 5.01. The van der Waals surface area contributed by atoms with Crippen molar-refractivity contribution >= 4 is 17.3 Å². The Morgan fingerprint density at radius 2 is 2.12 bits per heavy atom. The molecule has 0 radical (unpaired) electrons. The van der Waals surface area contributed by atoms with Crippen LogP contribution < -0.4 is 0 Å². The van der Waals surface area contributed by atoms with Gasteiger partial charge in [-0.05, 0) is 5.56 Å². The fourth-order valence-electron chi connectivity index (χ4n) is 1.26. The molecule has 0 saturated carbocycles. The molecule has 3 nitrogen and oxygen atoms in total. The number of halogens is 1. The lowest BCUT2D eigenvalue weighted by molar-refractivity contribution is 0.0478. The van der Waals surface area contributed by atoms with Gasteiger partial charge in [-0.15, -0.1) is 11.3 Å². The Morgan fingerprint density at radius 3 is 2.76 bits per heavy atom. The van der Waals surface area contributed by atoms with E-state index >= 15 is 0 Å². The maximum Gasteiger partial charge on any atom is 0.350 e. The number of nitrogens with zero attached hydrogens (tertiary/aromatic N) is 1. The average Bonchev–Trinajstić information content (AvgIpc) is 2.86. The molecule has 0 atom stereocenters. The lowest BCUT2D eigenvalue weighted by atomic mass is 10.2. The molecule has 0 N–H and O–H groups in total. The molecule has 0 aliphatic heterocycles. The zero-order valence-corrected chi connectivity index (χ0v) is 9.74. The standard InChI is InChI=1S/C12H10FNO2S/c13-6-11-14-7-10(17-11)12(15)16-8-9-4-2-1-3-5-9/h1-5,7H,6,8H2. The summed E-state index contributed by atoms with van der Waals surface area (Å²) in [6.07, 6.45) is 1.34. The van der Waals surface area contributed by atoms with Gasteiger partial charge in [-0.1, -0.05) is 30.3 Å². The molecule has 1 heterocycles. The molecule has 0 bridgehead atoms. The van der Waals surface area contributed by atoms with Gasteiger partial charge < -0.3 is 4.74 Å². The molecular formula is C12H10FNO2S. The van der Waals surface area contributed by atoms with E-state index in [0.717, 1.165) is 16.9 Å². The largest absolute Gasteiger partial charge is 0.457 e. The number of carbonyl (C=O) groups is 1. The highest BCUT2D eigenvalue weighted by Gasteiger charge is 2.11. The van der Waals surface area contributed by atoms with Gasteiger partial charge in [0.25, 0.3) is 0 Å². The molecule has 0 unspecified atom stereocenters. The first-order valence-corrected chi connectivity index (χ1v) is 5.83. The van der Waals surface area contributed by atoms with E-state index < -0.39 is 12.6 Å². The number of alkyl halides is 1. The summed E-state index contributed by atoms with van der Waals surface area (Å²) in [6.45, 7) is -0.445. The van der Waals surface area contributed by atoms with Crippen LogP contribution in [-0.2, 0) is 18.0 Å². The maximum absolute atomic E-state index is 12.2. The normalized spacial score (nSPS) is 10.2. The van der Waals surface area contributed by atoms with Crippen LogP contribution in [0.2, 0.25) is 0 Å². The van der Waals surface area contributed by atoms with Crippen molar-refractivity contribution in [2.45, 2.75) is 13.3 Å². The molecule has 1 aromatic carbocycles. The van der Waals surface area contributed by atoms with E-state index in [4.69, 9.17) is 4.74 Å². The smallest absolute Gasteiger partial charge is 0.350 e. The van der Waals surface area contributed by atoms with E-state index in [1.165, 1.54) is 6.20 Å². The lowest BCUT2D eigenvalue weighted by Crippen LogP contribution is -2.02. The SMILES string of the molecule is O=C(OCc1ccccc1)c1cnc(CF)s1. The van der Waals surface area contributed by atoms with Crippen LogP contribution in [0.5, 0.6) is 0 Å². The van der Waals surface area contributed by atoms with Crippen LogP contribution in [-0.4, -0.2) is 11.0 Å². The molecular weight excluding hydrogens is 241 g/mol. The summed E-state index contributed by atoms with van der Waals surface area (Å²) in [5, 5.41) is 0.289. The number of hydrogen-bond donors (Lipinski definition) is 0. The monoisotopic (exact) mass is 251 g/mol. The van der Waals surface area contributed by atoms with E-state index in [2.05, 4.69) is 4.98 Å². The zero-order valence-electron chi connectivity index (χ0n) is 8.93. The van der Waals surface area contributed by atoms with Crippen molar-refractivity contribution in [3.05, 3.63) is 52.0 Å². The Kier molecular flexibility index (Phi) is 3.82. The Bertz CT molecular complexity index is 498. The number of aromatic nitrogens is 1. The van der Waals surface area contributed by atoms with Crippen LogP contribution in [0.25, 0.3) is 0 Å². The van der Waals surface area contributed by atoms with E-state index in [9.17, 15) is 9.18 Å². The van der Waals surface area contributed by atoms with Crippen LogP contribution in [0.4, 0.5) is 4.39 Å². The summed E-state index contributed by atoms with van der Waals surface area (Å²) in [4.78, 5) is 15.7. The van der Waals surface area contributed by atoms with E-state index in [-0.39, 0.29) is 11.6 Å². The highest BCUT2D eigenvalue weighted by molar-refractivity contribution is 7.13. The van der Waals surface area contributed by atoms with E-state index in [1.54, 1.807) is 0 Å². The predicted octanol–water partition coefficient (Wildman–Crippen LogP) is 2.97. The zero-order chi connectivity index (χ0) is 12.1. The highest BCUT2D eigenvalue weighted by atomic mass is 32.1. The molecule has 0 aliphatic rings. The third-order valence-electron chi connectivity index (χ3n) is 2.08. The van der Waals surface area contributed by atoms with Gasteiger partial charge in [-0.25, -0.2) is 14.2 Å². The first-order chi connectivity index (χ1) is 8.29. The van der Waals surface area contributed by atoms with Gasteiger partial charge in [0.2, 0.25) is 0 Å². The Balaban J connectivity index is 1.93. The summed E-state index contributed by atoms with van der Waals surface area (Å²) in [5.41, 5.74) is 0.913. The van der Waals surface area contributed by atoms with Gasteiger partial charge in [0.05, 0.1) is 6.20 Å². The summed E-state index contributed by atoms with van der Waals surface area (Å²) in [7, 11) is 0. The second-order valence-corrected chi connectivity index (χ2v) is 4.43. The number of hydrogen-bond acceptors (Lipinski definition) is 4. The number of carbonyl (C=O) groups excluding carboxylic acids is 1. The van der Waals surface area contributed by atoms with Crippen molar-refractivity contribution in [3.8, 4) is 0 Å². The molecule has 0 amide bonds. The van der Waals surface area contributed by atoms with Crippen LogP contribution in [0.3, 0.4) is 0 Å². The summed E-state index contributed by atoms with van der Waals surface area (Å²) >= 11 is 1.02. The van der Waals surface area contributed by atoms with E-state index in [1.807, 2.05) is 30.3 Å². The van der Waals surface area contributed by atoms with Gasteiger partial charge in [-0.2, -0.15) is 0 Å². The minimum Gasteiger partial charge on any atom is -0.457 e. The molecule has 5 heteroatoms. The van der Waals surface area contributed by atoms with Crippen molar-refractivity contribution in [1.29, 1.82) is 0 Å². The number of thiazole rings is 1. The minimum atomic E-state index is -0.656. The predicted molar refractivity (Wildman–Crippen MR) is 62.5 cm³/mol. The van der Waals surface area contributed by atoms with Crippen LogP contribution in [0, 0.1) is 0 Å². The molecule has 0 aliphatic carbocycles. The number of benzene rings is 1. The number of ether oxygens (including phenoxy) is 1. The van der Waals surface area contributed by atoms with Crippen molar-refractivity contribution in [2.75, 3.05) is 0 Å². The Morgan fingerprint density at radius 1 is 1.35 bits per heavy atom. The quantitative estimate of drug-likeness (QED) is 0.784. The molecule has 88 valence electrons. The van der Waals surface area contributed by atoms with Crippen molar-refractivity contribution in [1.82, 2.24) is 4.98 Å². The van der Waals surface area contributed by atoms with Gasteiger partial charge in [0, 0.05) is 0 Å². The summed E-state index contributed by atoms with van der Waals surface area (Å²) in [5.74, 6) is -0.467. The molecule has 0 spiro atoms. The molecule has 17 heavy (non-hydrogen) atoms. The van der Waals surface area contributed by atoms with Gasteiger partial charge in [-0.3, -0.25) is 0 Å². The average molecular weight is 251 g/mol. The van der Waals surface area contributed by atoms with Crippen molar-refractivity contribution < 1.29 is 13.9 Å². The molecule has 0 saturated heterocycles. The number of rotatable bonds is 4. The number of esters is 1. The third kappa shape index (κ3) is 3.10. The van der Waals surface area contributed by atoms with Crippen LogP contribution in [0.1, 0.15) is 20.2 Å². The summed E-state index contributed by atoms with van der Waals surface area (Å²) < 4.78 is 17.3. The second-order valence-electron chi connectivity index (χ2n) is 3.31. The summed E-state index contributed by atoms with van der Waals surface area (Å²) in [6, 6.07) is 9.37. The van der Waals surface area contributed by atoms with Gasteiger partial charge >= 0.3 is 5.97 Å². The third-order valence-corrected chi connectivity index (χ3v) is 3.02. The Labute approximate surface area is 102 Å². The second kappa shape index (κ2) is 5.54. The Hall–Kier alpha value is -1.75. The fourth-order valence-corrected chi connectivity index (χ4v) is 1.92. The van der Waals surface area contributed by atoms with E-state index in [0.29, 0.717) is 4.88 Å². The maximum atomic E-state index is 12.2. The van der Waals surface area contributed by atoms with Crippen LogP contribution >= 0.6 is 11.3 Å². The molecule has 1 aromatic heterocycles. The molecule has 2 aromatic rings. The van der Waals surface area contributed by atoms with Crippen LogP contribution in [0.15, 0.2) is 36.5 Å². The molecule has 0 fully saturated rings. The fraction of sp³-hybridized carbons (Fsp3) is 0.167. The minimum absolute atomic E-state index is 0.211. The highest BCUT2D eigenvalue weighted by Crippen LogP contribution is 2.15. The lowest BCUT2D eigenvalue weighted by Gasteiger charge is -2.02. The van der Waals surface area contributed by atoms with Crippen molar-refractivity contribution in [3.63, 3.8) is 0 Å². The van der Waals surface area contributed by atoms with Gasteiger partial charge in [0.1, 0.15) is 23.2 Å². The first kappa shape index (κ1) is 11.7. The van der Waals surface area contributed by atoms with Gasteiger partial charge in [0.15, 0.2) is 0 Å². The molecule has 2 rings (SSSR count).